The normalized spacial score (nSPS) is 32.6. The molecule has 4 fully saturated rings. The molecule has 5 rings (SSSR count). The van der Waals surface area contributed by atoms with E-state index in [0.29, 0.717) is 18.4 Å². The molecule has 29 heavy (non-hydrogen) atoms. The van der Waals surface area contributed by atoms with Crippen LogP contribution in [0.25, 0.3) is 0 Å². The summed E-state index contributed by atoms with van der Waals surface area (Å²) >= 11 is 0. The minimum Gasteiger partial charge on any atom is -0.381 e. The van der Waals surface area contributed by atoms with Gasteiger partial charge in [-0.15, -0.1) is 10.2 Å². The Morgan fingerprint density at radius 1 is 1.10 bits per heavy atom. The fourth-order valence-corrected chi connectivity index (χ4v) is 5.67. The lowest BCUT2D eigenvalue weighted by molar-refractivity contribution is 0.0256. The van der Waals surface area contributed by atoms with E-state index in [-0.39, 0.29) is 13.0 Å². The standard InChI is InChI=1S/C21H31F2N5O/c22-21(23)5-6-28(14-21)20-2-1-19(25-26-20)24-18-9-16-12-27(13-17(16)10-18)11-15-3-7-29-8-4-15/h1-2,15-18H,3-14H2,(H,24,25)/t16-,17+,18+. The van der Waals surface area contributed by atoms with Crippen molar-refractivity contribution in [2.24, 2.45) is 17.8 Å². The molecule has 3 saturated heterocycles. The summed E-state index contributed by atoms with van der Waals surface area (Å²) in [6.07, 6.45) is 4.66. The van der Waals surface area contributed by atoms with E-state index in [9.17, 15) is 8.78 Å². The smallest absolute Gasteiger partial charge is 0.266 e. The number of rotatable bonds is 5. The molecular weight excluding hydrogens is 376 g/mol. The van der Waals surface area contributed by atoms with Gasteiger partial charge in [-0.05, 0) is 55.6 Å². The number of halogens is 2. The molecular formula is C21H31F2N5O. The van der Waals surface area contributed by atoms with Crippen LogP contribution in [-0.4, -0.2) is 73.0 Å². The number of fused-ring (bicyclic) bond motifs is 1. The second-order valence-electron chi connectivity index (χ2n) is 9.41. The Hall–Kier alpha value is -1.54. The molecule has 8 heteroatoms. The van der Waals surface area contributed by atoms with Crippen molar-refractivity contribution in [1.82, 2.24) is 15.1 Å². The van der Waals surface area contributed by atoms with Gasteiger partial charge in [0.25, 0.3) is 5.92 Å². The fourth-order valence-electron chi connectivity index (χ4n) is 5.67. The van der Waals surface area contributed by atoms with Crippen LogP contribution in [0.2, 0.25) is 0 Å². The highest BCUT2D eigenvalue weighted by Gasteiger charge is 2.41. The third kappa shape index (κ3) is 4.48. The number of nitrogens with one attached hydrogen (secondary N) is 1. The maximum absolute atomic E-state index is 13.4. The quantitative estimate of drug-likeness (QED) is 0.810. The Bertz CT molecular complexity index is 683. The van der Waals surface area contributed by atoms with Crippen molar-refractivity contribution in [2.45, 2.75) is 44.1 Å². The largest absolute Gasteiger partial charge is 0.381 e. The zero-order valence-electron chi connectivity index (χ0n) is 16.9. The van der Waals surface area contributed by atoms with E-state index in [1.54, 1.807) is 4.90 Å². The van der Waals surface area contributed by atoms with Gasteiger partial charge in [0.1, 0.15) is 5.82 Å². The second-order valence-corrected chi connectivity index (χ2v) is 9.41. The molecule has 3 aliphatic heterocycles. The van der Waals surface area contributed by atoms with Crippen LogP contribution in [0.3, 0.4) is 0 Å². The van der Waals surface area contributed by atoms with Crippen molar-refractivity contribution in [1.29, 1.82) is 0 Å². The number of nitrogens with zero attached hydrogens (tertiary/aromatic N) is 4. The molecule has 1 saturated carbocycles. The van der Waals surface area contributed by atoms with Gasteiger partial charge in [0.15, 0.2) is 5.82 Å². The van der Waals surface area contributed by atoms with Gasteiger partial charge in [0, 0.05) is 51.9 Å². The lowest BCUT2D eigenvalue weighted by atomic mass is 10.00. The first kappa shape index (κ1) is 19.4. The summed E-state index contributed by atoms with van der Waals surface area (Å²) in [5.74, 6) is 1.03. The van der Waals surface area contributed by atoms with E-state index in [0.717, 1.165) is 36.8 Å². The van der Waals surface area contributed by atoms with Crippen LogP contribution in [0.4, 0.5) is 20.4 Å². The van der Waals surface area contributed by atoms with Crippen molar-refractivity contribution in [3.8, 4) is 0 Å². The number of hydrogen-bond acceptors (Lipinski definition) is 6. The zero-order valence-corrected chi connectivity index (χ0v) is 16.9. The fraction of sp³-hybridized carbons (Fsp3) is 0.810. The van der Waals surface area contributed by atoms with Crippen LogP contribution in [0, 0.1) is 17.8 Å². The van der Waals surface area contributed by atoms with E-state index >= 15 is 0 Å². The molecule has 4 heterocycles. The van der Waals surface area contributed by atoms with Gasteiger partial charge in [-0.3, -0.25) is 0 Å². The molecule has 160 valence electrons. The van der Waals surface area contributed by atoms with Gasteiger partial charge >= 0.3 is 0 Å². The number of alkyl halides is 2. The summed E-state index contributed by atoms with van der Waals surface area (Å²) in [6, 6.07) is 4.12. The highest BCUT2D eigenvalue weighted by molar-refractivity contribution is 5.45. The SMILES string of the molecule is FC1(F)CCN(c2ccc(N[C@H]3C[C@@H]4CN(CC5CCOCC5)C[C@@H]4C3)nn2)C1. The van der Waals surface area contributed by atoms with Crippen molar-refractivity contribution in [3.05, 3.63) is 12.1 Å². The summed E-state index contributed by atoms with van der Waals surface area (Å²) < 4.78 is 32.3. The van der Waals surface area contributed by atoms with E-state index in [4.69, 9.17) is 4.74 Å². The Morgan fingerprint density at radius 2 is 1.86 bits per heavy atom. The van der Waals surface area contributed by atoms with Crippen LogP contribution >= 0.6 is 0 Å². The van der Waals surface area contributed by atoms with Crippen LogP contribution in [-0.2, 0) is 4.74 Å². The lowest BCUT2D eigenvalue weighted by Crippen LogP contribution is -2.32. The summed E-state index contributed by atoms with van der Waals surface area (Å²) in [4.78, 5) is 4.28. The molecule has 0 amide bonds. The number of ether oxygens (including phenoxy) is 1. The minimum absolute atomic E-state index is 0.106. The first-order valence-corrected chi connectivity index (χ1v) is 11.1. The lowest BCUT2D eigenvalue weighted by Gasteiger charge is -2.27. The van der Waals surface area contributed by atoms with Gasteiger partial charge in [0.05, 0.1) is 6.54 Å². The average molecular weight is 408 g/mol. The van der Waals surface area contributed by atoms with E-state index in [1.807, 2.05) is 12.1 Å². The maximum atomic E-state index is 13.4. The average Bonchev–Trinajstić information content (AvgIpc) is 3.36. The van der Waals surface area contributed by atoms with Gasteiger partial charge in [-0.2, -0.15) is 0 Å². The topological polar surface area (TPSA) is 53.5 Å². The number of likely N-dealkylation sites (tertiary alicyclic amines) is 1. The monoisotopic (exact) mass is 407 g/mol. The summed E-state index contributed by atoms with van der Waals surface area (Å²) in [5.41, 5.74) is 0. The van der Waals surface area contributed by atoms with Crippen molar-refractivity contribution < 1.29 is 13.5 Å². The molecule has 1 aliphatic carbocycles. The Kier molecular flexibility index (Phi) is 5.32. The van der Waals surface area contributed by atoms with E-state index in [2.05, 4.69) is 20.4 Å². The van der Waals surface area contributed by atoms with Crippen LogP contribution < -0.4 is 10.2 Å². The van der Waals surface area contributed by atoms with Gasteiger partial charge in [0.2, 0.25) is 0 Å². The third-order valence-corrected chi connectivity index (χ3v) is 7.18. The summed E-state index contributed by atoms with van der Waals surface area (Å²) in [7, 11) is 0. The molecule has 0 bridgehead atoms. The van der Waals surface area contributed by atoms with Crippen LogP contribution in [0.1, 0.15) is 32.1 Å². The molecule has 1 aromatic rings. The first-order valence-electron chi connectivity index (χ1n) is 11.1. The molecule has 0 unspecified atom stereocenters. The Morgan fingerprint density at radius 3 is 2.48 bits per heavy atom. The second kappa shape index (κ2) is 7.95. The van der Waals surface area contributed by atoms with Gasteiger partial charge in [-0.1, -0.05) is 0 Å². The molecule has 1 aromatic heterocycles. The minimum atomic E-state index is -2.61. The Labute approximate surface area is 171 Å². The predicted molar refractivity (Wildman–Crippen MR) is 107 cm³/mol. The van der Waals surface area contributed by atoms with Crippen molar-refractivity contribution in [2.75, 3.05) is 56.2 Å². The van der Waals surface area contributed by atoms with Crippen LogP contribution in [0.5, 0.6) is 0 Å². The Balaban J connectivity index is 1.09. The van der Waals surface area contributed by atoms with Gasteiger partial charge in [-0.25, -0.2) is 8.78 Å². The third-order valence-electron chi connectivity index (χ3n) is 7.18. The van der Waals surface area contributed by atoms with Gasteiger partial charge < -0.3 is 19.9 Å². The highest BCUT2D eigenvalue weighted by Crippen LogP contribution is 2.39. The molecule has 0 radical (unpaired) electrons. The highest BCUT2D eigenvalue weighted by atomic mass is 19.3. The van der Waals surface area contributed by atoms with E-state index < -0.39 is 5.92 Å². The van der Waals surface area contributed by atoms with Crippen molar-refractivity contribution in [3.63, 3.8) is 0 Å². The summed E-state index contributed by atoms with van der Waals surface area (Å²) in [6.45, 7) is 5.60. The molecule has 6 nitrogen and oxygen atoms in total. The number of hydrogen-bond donors (Lipinski definition) is 1. The molecule has 3 atom stereocenters. The van der Waals surface area contributed by atoms with E-state index in [1.165, 1.54) is 45.3 Å². The molecule has 0 aromatic carbocycles. The zero-order chi connectivity index (χ0) is 19.8. The first-order chi connectivity index (χ1) is 14.0. The predicted octanol–water partition coefficient (Wildman–Crippen LogP) is 2.87. The molecule has 0 spiro atoms. The van der Waals surface area contributed by atoms with Crippen molar-refractivity contribution >= 4 is 11.6 Å². The number of anilines is 2. The van der Waals surface area contributed by atoms with Crippen LogP contribution in [0.15, 0.2) is 12.1 Å². The molecule has 4 aliphatic rings. The number of aromatic nitrogens is 2. The molecule has 1 N–H and O–H groups in total. The summed E-state index contributed by atoms with van der Waals surface area (Å²) in [5, 5.41) is 12.0. The maximum Gasteiger partial charge on any atom is 0.266 e.